The minimum atomic E-state index is -4.88. The van der Waals surface area contributed by atoms with Crippen LogP contribution in [0.2, 0.25) is 0 Å². The summed E-state index contributed by atoms with van der Waals surface area (Å²) in [6, 6.07) is 2.31. The van der Waals surface area contributed by atoms with Crippen LogP contribution in [0.4, 0.5) is 30.7 Å². The first-order valence-electron chi connectivity index (χ1n) is 8.61. The summed E-state index contributed by atoms with van der Waals surface area (Å²) in [6.07, 6.45) is -8.12. The largest absolute Gasteiger partial charge is 0.431 e. The number of nitrogens with zero attached hydrogens (tertiary/aromatic N) is 1. The Kier molecular flexibility index (Phi) is 6.91. The van der Waals surface area contributed by atoms with Crippen molar-refractivity contribution < 1.29 is 35.5 Å². The number of halogens is 7. The van der Waals surface area contributed by atoms with E-state index in [-0.39, 0.29) is 36.2 Å². The third-order valence-electron chi connectivity index (χ3n) is 4.31. The van der Waals surface area contributed by atoms with E-state index in [1.807, 2.05) is 0 Å². The molecule has 1 amide bonds. The minimum Gasteiger partial charge on any atom is -0.394 e. The van der Waals surface area contributed by atoms with Crippen LogP contribution >= 0.6 is 0 Å². The molecular weight excluding hydrogens is 407 g/mol. The Morgan fingerprint density at radius 1 is 1.10 bits per heavy atom. The van der Waals surface area contributed by atoms with Gasteiger partial charge in [0.25, 0.3) is 0 Å². The second-order valence-electron chi connectivity index (χ2n) is 6.45. The monoisotopic (exact) mass is 425 g/mol. The molecule has 0 heterocycles. The number of hydrogen-bond donors (Lipinski definition) is 2. The molecule has 1 aromatic carbocycles. The van der Waals surface area contributed by atoms with Crippen molar-refractivity contribution in [2.45, 2.75) is 44.6 Å². The zero-order valence-corrected chi connectivity index (χ0v) is 15.1. The van der Waals surface area contributed by atoms with E-state index in [0.717, 1.165) is 6.07 Å². The fourth-order valence-corrected chi connectivity index (χ4v) is 2.85. The van der Waals surface area contributed by atoms with Gasteiger partial charge >= 0.3 is 12.4 Å². The predicted octanol–water partition coefficient (Wildman–Crippen LogP) is 4.25. The van der Waals surface area contributed by atoms with Gasteiger partial charge in [-0.2, -0.15) is 26.3 Å². The number of nitrogens with two attached hydrogens (primary N) is 1. The molecule has 1 aromatic rings. The van der Waals surface area contributed by atoms with Crippen molar-refractivity contribution in [3.05, 3.63) is 46.4 Å². The molecule has 160 valence electrons. The van der Waals surface area contributed by atoms with E-state index in [9.17, 15) is 35.5 Å². The van der Waals surface area contributed by atoms with Gasteiger partial charge in [0.15, 0.2) is 0 Å². The zero-order valence-electron chi connectivity index (χ0n) is 15.1. The van der Waals surface area contributed by atoms with Gasteiger partial charge in [-0.1, -0.05) is 6.07 Å². The topological polar surface area (TPSA) is 67.5 Å². The molecule has 1 saturated carbocycles. The van der Waals surface area contributed by atoms with Gasteiger partial charge in [0, 0.05) is 17.8 Å². The van der Waals surface area contributed by atoms with Crippen LogP contribution < -0.4 is 11.1 Å². The second-order valence-corrected chi connectivity index (χ2v) is 6.45. The molecule has 0 atom stereocenters. The molecule has 3 N–H and O–H groups in total. The summed E-state index contributed by atoms with van der Waals surface area (Å²) in [5, 5.41) is 2.31. The highest BCUT2D eigenvalue weighted by molar-refractivity contribution is 6.02. The standard InChI is InChI=1S/C18H18F7N3O/c19-13-6-5-10(7-12(13)17(20,21)22)8-28-15(29)9-27-14-4-2-1-3-11(14)16(26)18(23,24)25/h5-7H,1-4,8-9,26H2,(H,28,29). The number of alkyl halides is 6. The van der Waals surface area contributed by atoms with Crippen molar-refractivity contribution >= 4 is 11.6 Å². The van der Waals surface area contributed by atoms with Crippen LogP contribution in [-0.2, 0) is 17.5 Å². The fourth-order valence-electron chi connectivity index (χ4n) is 2.85. The highest BCUT2D eigenvalue weighted by Gasteiger charge is 2.36. The predicted molar refractivity (Wildman–Crippen MR) is 91.3 cm³/mol. The zero-order chi connectivity index (χ0) is 21.8. The summed E-state index contributed by atoms with van der Waals surface area (Å²) < 4.78 is 89.9. The van der Waals surface area contributed by atoms with Crippen molar-refractivity contribution in [1.29, 1.82) is 0 Å². The van der Waals surface area contributed by atoms with Gasteiger partial charge in [-0.3, -0.25) is 9.79 Å². The SMILES string of the molecule is NC(=C1CCCCC1=NCC(=O)NCc1ccc(F)c(C(F)(F)F)c1)C(F)(F)F. The first kappa shape index (κ1) is 22.7. The maximum Gasteiger partial charge on any atom is 0.431 e. The highest BCUT2D eigenvalue weighted by Crippen LogP contribution is 2.32. The lowest BCUT2D eigenvalue weighted by atomic mass is 9.91. The molecule has 11 heteroatoms. The average molecular weight is 425 g/mol. The lowest BCUT2D eigenvalue weighted by Gasteiger charge is -2.20. The quantitative estimate of drug-likeness (QED) is 0.709. The molecule has 4 nitrogen and oxygen atoms in total. The first-order chi connectivity index (χ1) is 13.4. The van der Waals surface area contributed by atoms with Gasteiger partial charge in [-0.15, -0.1) is 0 Å². The van der Waals surface area contributed by atoms with Crippen LogP contribution in [0, 0.1) is 5.82 Å². The number of allylic oxidation sites excluding steroid dienone is 2. The number of amides is 1. The van der Waals surface area contributed by atoms with Gasteiger partial charge in [-0.05, 0) is 43.4 Å². The molecule has 0 aliphatic heterocycles. The molecule has 1 fully saturated rings. The lowest BCUT2D eigenvalue weighted by molar-refractivity contribution is -0.140. The van der Waals surface area contributed by atoms with E-state index in [0.29, 0.717) is 25.0 Å². The third kappa shape index (κ3) is 6.20. The Hall–Kier alpha value is -2.59. The van der Waals surface area contributed by atoms with Crippen LogP contribution in [0.5, 0.6) is 0 Å². The molecule has 1 aliphatic carbocycles. The van der Waals surface area contributed by atoms with Crippen LogP contribution in [0.3, 0.4) is 0 Å². The van der Waals surface area contributed by atoms with Crippen LogP contribution in [-0.4, -0.2) is 24.3 Å². The fraction of sp³-hybridized carbons (Fsp3) is 0.444. The summed E-state index contributed by atoms with van der Waals surface area (Å²) >= 11 is 0. The Labute approximate surface area is 161 Å². The summed E-state index contributed by atoms with van der Waals surface area (Å²) in [5.74, 6) is -2.14. The number of aliphatic imine (C=N–C) groups is 1. The molecule has 0 bridgehead atoms. The molecule has 29 heavy (non-hydrogen) atoms. The number of rotatable bonds is 4. The normalized spacial score (nSPS) is 18.7. The van der Waals surface area contributed by atoms with E-state index in [1.165, 1.54) is 0 Å². The molecule has 0 radical (unpaired) electrons. The molecule has 0 saturated heterocycles. The van der Waals surface area contributed by atoms with Crippen molar-refractivity contribution in [1.82, 2.24) is 5.32 Å². The third-order valence-corrected chi connectivity index (χ3v) is 4.31. The van der Waals surface area contributed by atoms with Gasteiger partial charge in [0.05, 0.1) is 5.56 Å². The maximum absolute atomic E-state index is 13.3. The van der Waals surface area contributed by atoms with E-state index in [2.05, 4.69) is 10.3 Å². The molecule has 0 aromatic heterocycles. The number of nitrogens with one attached hydrogen (secondary N) is 1. The van der Waals surface area contributed by atoms with E-state index >= 15 is 0 Å². The number of carbonyl (C=O) groups excluding carboxylic acids is 1. The molecular formula is C18H18F7N3O. The van der Waals surface area contributed by atoms with Crippen LogP contribution in [0.15, 0.2) is 34.5 Å². The van der Waals surface area contributed by atoms with E-state index in [1.54, 1.807) is 0 Å². The molecule has 2 rings (SSSR count). The van der Waals surface area contributed by atoms with E-state index in [4.69, 9.17) is 5.73 Å². The van der Waals surface area contributed by atoms with Crippen molar-refractivity contribution in [2.24, 2.45) is 10.7 Å². The smallest absolute Gasteiger partial charge is 0.394 e. The Balaban J connectivity index is 2.04. The summed E-state index contributed by atoms with van der Waals surface area (Å²) in [4.78, 5) is 15.8. The van der Waals surface area contributed by atoms with Crippen molar-refractivity contribution in [3.8, 4) is 0 Å². The van der Waals surface area contributed by atoms with Gasteiger partial charge in [-0.25, -0.2) is 4.39 Å². The van der Waals surface area contributed by atoms with Gasteiger partial charge < -0.3 is 11.1 Å². The van der Waals surface area contributed by atoms with Gasteiger partial charge in [0.2, 0.25) is 5.91 Å². The van der Waals surface area contributed by atoms with Crippen molar-refractivity contribution in [3.63, 3.8) is 0 Å². The highest BCUT2D eigenvalue weighted by atomic mass is 19.4. The first-order valence-corrected chi connectivity index (χ1v) is 8.61. The van der Waals surface area contributed by atoms with Gasteiger partial charge in [0.1, 0.15) is 18.1 Å². The van der Waals surface area contributed by atoms with E-state index < -0.39 is 41.9 Å². The maximum atomic E-state index is 13.3. The van der Waals surface area contributed by atoms with Crippen molar-refractivity contribution in [2.75, 3.05) is 6.54 Å². The Morgan fingerprint density at radius 3 is 2.38 bits per heavy atom. The Bertz CT molecular complexity index is 826. The summed E-state index contributed by atoms with van der Waals surface area (Å²) in [5.41, 5.74) is 2.46. The molecule has 0 spiro atoms. The molecule has 1 aliphatic rings. The second kappa shape index (κ2) is 8.83. The van der Waals surface area contributed by atoms with Crippen LogP contribution in [0.1, 0.15) is 36.8 Å². The number of carbonyl (C=O) groups is 1. The average Bonchev–Trinajstić information content (AvgIpc) is 2.63. The number of benzene rings is 1. The number of hydrogen-bond acceptors (Lipinski definition) is 3. The lowest BCUT2D eigenvalue weighted by Crippen LogP contribution is -2.28. The minimum absolute atomic E-state index is 0.0132. The Morgan fingerprint density at radius 2 is 1.76 bits per heavy atom. The summed E-state index contributed by atoms with van der Waals surface area (Å²) in [7, 11) is 0. The summed E-state index contributed by atoms with van der Waals surface area (Å²) in [6.45, 7) is -0.822. The van der Waals surface area contributed by atoms with Crippen LogP contribution in [0.25, 0.3) is 0 Å². The molecule has 0 unspecified atom stereocenters.